The Hall–Kier alpha value is -2.93. The summed E-state index contributed by atoms with van der Waals surface area (Å²) in [5.74, 6) is 2.06. The zero-order valence-electron chi connectivity index (χ0n) is 20.1. The van der Waals surface area contributed by atoms with E-state index in [0.29, 0.717) is 5.92 Å². The Balaban J connectivity index is 1.37. The molecule has 1 unspecified atom stereocenters. The van der Waals surface area contributed by atoms with Crippen molar-refractivity contribution < 1.29 is 4.79 Å². The molecule has 3 aliphatic rings. The van der Waals surface area contributed by atoms with E-state index in [0.717, 1.165) is 23.8 Å². The van der Waals surface area contributed by atoms with E-state index in [1.807, 2.05) is 12.1 Å². The topological polar surface area (TPSA) is 17.1 Å². The van der Waals surface area contributed by atoms with Gasteiger partial charge in [0, 0.05) is 11.5 Å². The lowest BCUT2D eigenvalue weighted by atomic mass is 9.77. The molecule has 1 saturated carbocycles. The first-order valence-electron chi connectivity index (χ1n) is 12.5. The number of aryl methyl sites for hydroxylation is 1. The molecular weight excluding hydrogens is 400 g/mol. The molecule has 0 aliphatic heterocycles. The average molecular weight is 435 g/mol. The van der Waals surface area contributed by atoms with Crippen molar-refractivity contribution in [2.75, 3.05) is 0 Å². The number of benzene rings is 2. The highest BCUT2D eigenvalue weighted by Crippen LogP contribution is 2.42. The zero-order valence-corrected chi connectivity index (χ0v) is 20.1. The Labute approximate surface area is 198 Å². The molecule has 168 valence electrons. The second-order valence-electron chi connectivity index (χ2n) is 10.3. The van der Waals surface area contributed by atoms with Gasteiger partial charge < -0.3 is 0 Å². The molecule has 1 fully saturated rings. The Morgan fingerprint density at radius 1 is 0.909 bits per heavy atom. The van der Waals surface area contributed by atoms with E-state index >= 15 is 0 Å². The highest BCUT2D eigenvalue weighted by molar-refractivity contribution is 5.94. The number of carbonyl (C=O) groups excluding carboxylic acids is 1. The summed E-state index contributed by atoms with van der Waals surface area (Å²) in [5.41, 5.74) is 10.5. The highest BCUT2D eigenvalue weighted by Gasteiger charge is 2.26. The van der Waals surface area contributed by atoms with Crippen molar-refractivity contribution in [3.8, 4) is 0 Å². The maximum Gasteiger partial charge on any atom is 0.159 e. The quantitative estimate of drug-likeness (QED) is 0.434. The SMILES string of the molecule is CC(=O)c1ccc(C2=CC=C(Cc3ccc(C4CCC(C)CC4)c(C)c3)C3=CC=CC32)cc1. The summed E-state index contributed by atoms with van der Waals surface area (Å²) >= 11 is 0. The summed E-state index contributed by atoms with van der Waals surface area (Å²) in [6.45, 7) is 6.31. The molecular formula is C32H34O. The summed E-state index contributed by atoms with van der Waals surface area (Å²) in [7, 11) is 0. The number of ketones is 1. The summed E-state index contributed by atoms with van der Waals surface area (Å²) in [6, 6.07) is 15.2. The van der Waals surface area contributed by atoms with E-state index in [9.17, 15) is 4.79 Å². The van der Waals surface area contributed by atoms with Crippen LogP contribution in [0.4, 0.5) is 0 Å². The molecule has 5 rings (SSSR count). The fraction of sp³-hybridized carbons (Fsp3) is 0.344. The Kier molecular flexibility index (Phi) is 6.06. The molecule has 0 N–H and O–H groups in total. The van der Waals surface area contributed by atoms with Crippen molar-refractivity contribution in [2.45, 2.75) is 58.8 Å². The van der Waals surface area contributed by atoms with E-state index in [2.05, 4.69) is 74.6 Å². The van der Waals surface area contributed by atoms with Crippen molar-refractivity contribution in [1.82, 2.24) is 0 Å². The van der Waals surface area contributed by atoms with Gasteiger partial charge in [0.1, 0.15) is 0 Å². The van der Waals surface area contributed by atoms with E-state index in [4.69, 9.17) is 0 Å². The van der Waals surface area contributed by atoms with Gasteiger partial charge >= 0.3 is 0 Å². The third-order valence-electron chi connectivity index (χ3n) is 7.89. The average Bonchev–Trinajstić information content (AvgIpc) is 3.31. The zero-order chi connectivity index (χ0) is 22.9. The molecule has 0 spiro atoms. The fourth-order valence-electron chi connectivity index (χ4n) is 5.88. The van der Waals surface area contributed by atoms with Crippen molar-refractivity contribution >= 4 is 11.4 Å². The first-order chi connectivity index (χ1) is 16.0. The van der Waals surface area contributed by atoms with Crippen molar-refractivity contribution in [1.29, 1.82) is 0 Å². The number of fused-ring (bicyclic) bond motifs is 1. The maximum absolute atomic E-state index is 11.6. The minimum absolute atomic E-state index is 0.113. The van der Waals surface area contributed by atoms with Crippen molar-refractivity contribution in [3.63, 3.8) is 0 Å². The maximum atomic E-state index is 11.6. The molecule has 0 radical (unpaired) electrons. The standard InChI is InChI=1S/C32H34O/c1-21-7-10-26(11-8-21)29-17-9-24(19-22(29)2)20-28-16-18-31(32-6-4-5-30(28)32)27-14-12-25(13-15-27)23(3)33/h4-6,9,12-19,21,26,32H,7-8,10-11,20H2,1-3H3. The lowest BCUT2D eigenvalue weighted by Gasteiger charge is -2.28. The fourth-order valence-corrected chi connectivity index (χ4v) is 5.88. The summed E-state index contributed by atoms with van der Waals surface area (Å²) in [5, 5.41) is 0. The molecule has 0 amide bonds. The number of carbonyl (C=O) groups is 1. The summed E-state index contributed by atoms with van der Waals surface area (Å²) in [4.78, 5) is 11.6. The van der Waals surface area contributed by atoms with E-state index in [1.165, 1.54) is 59.1 Å². The molecule has 3 aliphatic carbocycles. The van der Waals surface area contributed by atoms with Crippen LogP contribution in [0.25, 0.3) is 5.57 Å². The van der Waals surface area contributed by atoms with Crippen LogP contribution in [-0.4, -0.2) is 5.78 Å². The number of rotatable bonds is 5. The van der Waals surface area contributed by atoms with Crippen LogP contribution in [0.1, 0.15) is 78.1 Å². The minimum atomic E-state index is 0.113. The molecule has 0 aromatic heterocycles. The highest BCUT2D eigenvalue weighted by atomic mass is 16.1. The van der Waals surface area contributed by atoms with Crippen LogP contribution in [-0.2, 0) is 6.42 Å². The summed E-state index contributed by atoms with van der Waals surface area (Å²) in [6.07, 6.45) is 17.7. The largest absolute Gasteiger partial charge is 0.295 e. The van der Waals surface area contributed by atoms with Gasteiger partial charge in [-0.1, -0.05) is 92.6 Å². The third kappa shape index (κ3) is 4.47. The molecule has 33 heavy (non-hydrogen) atoms. The Morgan fingerprint density at radius 2 is 1.67 bits per heavy atom. The molecule has 1 nitrogen and oxygen atoms in total. The lowest BCUT2D eigenvalue weighted by molar-refractivity contribution is 0.101. The van der Waals surface area contributed by atoms with Gasteiger partial charge in [0.05, 0.1) is 0 Å². The first kappa shape index (κ1) is 21.9. The number of allylic oxidation sites excluding steroid dienone is 8. The van der Waals surface area contributed by atoms with Gasteiger partial charge in [0.25, 0.3) is 0 Å². The Morgan fingerprint density at radius 3 is 2.36 bits per heavy atom. The van der Waals surface area contributed by atoms with Gasteiger partial charge in [-0.2, -0.15) is 0 Å². The Bertz CT molecular complexity index is 1180. The number of hydrogen-bond donors (Lipinski definition) is 0. The second kappa shape index (κ2) is 9.14. The van der Waals surface area contributed by atoms with Crippen LogP contribution >= 0.6 is 0 Å². The molecule has 2 aromatic rings. The van der Waals surface area contributed by atoms with Gasteiger partial charge in [0.15, 0.2) is 5.78 Å². The van der Waals surface area contributed by atoms with E-state index in [1.54, 1.807) is 12.5 Å². The second-order valence-corrected chi connectivity index (χ2v) is 10.3. The number of Topliss-reactive ketones (excluding diaryl/α,β-unsaturated/α-hetero) is 1. The normalized spacial score (nSPS) is 24.1. The smallest absolute Gasteiger partial charge is 0.159 e. The summed E-state index contributed by atoms with van der Waals surface area (Å²) < 4.78 is 0. The third-order valence-corrected chi connectivity index (χ3v) is 7.89. The van der Waals surface area contributed by atoms with Crippen molar-refractivity contribution in [3.05, 3.63) is 112 Å². The van der Waals surface area contributed by atoms with E-state index < -0.39 is 0 Å². The first-order valence-corrected chi connectivity index (χ1v) is 12.5. The van der Waals surface area contributed by atoms with Crippen LogP contribution in [0.5, 0.6) is 0 Å². The van der Waals surface area contributed by atoms with Gasteiger partial charge in [-0.05, 0) is 83.9 Å². The molecule has 0 saturated heterocycles. The number of hydrogen-bond acceptors (Lipinski definition) is 1. The predicted molar refractivity (Wildman–Crippen MR) is 138 cm³/mol. The molecule has 0 bridgehead atoms. The molecule has 1 atom stereocenters. The predicted octanol–water partition coefficient (Wildman–Crippen LogP) is 8.17. The van der Waals surface area contributed by atoms with Crippen LogP contribution in [0, 0.1) is 18.8 Å². The molecule has 0 heterocycles. The van der Waals surface area contributed by atoms with Crippen LogP contribution in [0.3, 0.4) is 0 Å². The minimum Gasteiger partial charge on any atom is -0.295 e. The van der Waals surface area contributed by atoms with Gasteiger partial charge in [-0.15, -0.1) is 0 Å². The van der Waals surface area contributed by atoms with Crippen LogP contribution in [0.15, 0.2) is 84.0 Å². The molecule has 2 aromatic carbocycles. The van der Waals surface area contributed by atoms with Crippen LogP contribution < -0.4 is 0 Å². The van der Waals surface area contributed by atoms with Gasteiger partial charge in [0.2, 0.25) is 0 Å². The van der Waals surface area contributed by atoms with Gasteiger partial charge in [-0.25, -0.2) is 0 Å². The molecule has 1 heteroatoms. The lowest BCUT2D eigenvalue weighted by Crippen LogP contribution is -2.12. The van der Waals surface area contributed by atoms with Crippen molar-refractivity contribution in [2.24, 2.45) is 11.8 Å². The van der Waals surface area contributed by atoms with E-state index in [-0.39, 0.29) is 5.78 Å². The monoisotopic (exact) mass is 434 g/mol. The van der Waals surface area contributed by atoms with Gasteiger partial charge in [-0.3, -0.25) is 4.79 Å². The van der Waals surface area contributed by atoms with Crippen LogP contribution in [0.2, 0.25) is 0 Å².